The van der Waals surface area contributed by atoms with E-state index in [4.69, 9.17) is 9.73 Å². The average molecular weight is 386 g/mol. The summed E-state index contributed by atoms with van der Waals surface area (Å²) in [5.41, 5.74) is 4.53. The zero-order chi connectivity index (χ0) is 20.5. The van der Waals surface area contributed by atoms with Crippen LogP contribution >= 0.6 is 0 Å². The Labute approximate surface area is 169 Å². The van der Waals surface area contributed by atoms with Gasteiger partial charge in [0.2, 0.25) is 0 Å². The molecule has 6 nitrogen and oxygen atoms in total. The third kappa shape index (κ3) is 6.29. The van der Waals surface area contributed by atoms with Crippen molar-refractivity contribution >= 4 is 5.96 Å². The highest BCUT2D eigenvalue weighted by Crippen LogP contribution is 2.19. The number of hydrogen-bond acceptors (Lipinski definition) is 3. The molecule has 0 fully saturated rings. The van der Waals surface area contributed by atoms with Gasteiger partial charge in [0.25, 0.3) is 0 Å². The van der Waals surface area contributed by atoms with Gasteiger partial charge in [-0.05, 0) is 39.2 Å². The van der Waals surface area contributed by atoms with Gasteiger partial charge in [-0.15, -0.1) is 0 Å². The quantitative estimate of drug-likeness (QED) is 0.510. The van der Waals surface area contributed by atoms with E-state index in [0.29, 0.717) is 19.0 Å². The Balaban J connectivity index is 2.04. The van der Waals surface area contributed by atoms with Crippen molar-refractivity contribution < 1.29 is 4.74 Å². The van der Waals surface area contributed by atoms with E-state index in [-0.39, 0.29) is 0 Å². The second kappa shape index (κ2) is 10.7. The van der Waals surface area contributed by atoms with Crippen LogP contribution in [0.2, 0.25) is 0 Å². The van der Waals surface area contributed by atoms with Gasteiger partial charge in [-0.25, -0.2) is 4.99 Å². The van der Waals surface area contributed by atoms with Gasteiger partial charge in [0.15, 0.2) is 5.96 Å². The molecule has 0 spiro atoms. The molecule has 0 bridgehead atoms. The summed E-state index contributed by atoms with van der Waals surface area (Å²) in [5.74, 6) is 2.35. The van der Waals surface area contributed by atoms with E-state index in [1.54, 1.807) is 0 Å². The van der Waals surface area contributed by atoms with Crippen molar-refractivity contribution in [1.82, 2.24) is 20.4 Å². The Morgan fingerprint density at radius 2 is 1.96 bits per heavy atom. The van der Waals surface area contributed by atoms with Gasteiger partial charge in [0.1, 0.15) is 5.75 Å². The lowest BCUT2D eigenvalue weighted by molar-refractivity contribution is 0.287. The van der Waals surface area contributed by atoms with Crippen LogP contribution in [0.3, 0.4) is 0 Å². The van der Waals surface area contributed by atoms with E-state index in [2.05, 4.69) is 49.5 Å². The summed E-state index contributed by atoms with van der Waals surface area (Å²) in [5, 5.41) is 11.2. The van der Waals surface area contributed by atoms with Crippen LogP contribution in [-0.2, 0) is 20.1 Å². The van der Waals surface area contributed by atoms with Crippen molar-refractivity contribution in [3.8, 4) is 5.75 Å². The minimum absolute atomic E-state index is 0.568. The fourth-order valence-corrected chi connectivity index (χ4v) is 2.93. The van der Waals surface area contributed by atoms with E-state index >= 15 is 0 Å². The topological polar surface area (TPSA) is 63.5 Å². The van der Waals surface area contributed by atoms with Gasteiger partial charge in [-0.2, -0.15) is 5.10 Å². The van der Waals surface area contributed by atoms with Gasteiger partial charge in [-0.3, -0.25) is 4.68 Å². The van der Waals surface area contributed by atoms with Crippen LogP contribution in [0.1, 0.15) is 49.7 Å². The molecule has 0 aliphatic carbocycles. The summed E-state index contributed by atoms with van der Waals surface area (Å²) in [6.07, 6.45) is 1.05. The molecular weight excluding hydrogens is 350 g/mol. The van der Waals surface area contributed by atoms with E-state index in [1.807, 2.05) is 36.9 Å². The number of ether oxygens (including phenoxy) is 1. The van der Waals surface area contributed by atoms with Gasteiger partial charge >= 0.3 is 0 Å². The van der Waals surface area contributed by atoms with Crippen molar-refractivity contribution in [3.63, 3.8) is 0 Å². The average Bonchev–Trinajstić information content (AvgIpc) is 2.90. The second-order valence-electron chi connectivity index (χ2n) is 7.46. The molecule has 28 heavy (non-hydrogen) atoms. The fourth-order valence-electron chi connectivity index (χ4n) is 2.93. The first-order valence-electron chi connectivity index (χ1n) is 10.1. The Hall–Kier alpha value is -2.50. The first-order chi connectivity index (χ1) is 13.4. The maximum absolute atomic E-state index is 5.98. The molecule has 1 heterocycles. The molecule has 2 aromatic rings. The van der Waals surface area contributed by atoms with Crippen LogP contribution in [0.25, 0.3) is 0 Å². The van der Waals surface area contributed by atoms with Crippen molar-refractivity contribution in [2.45, 2.75) is 54.1 Å². The van der Waals surface area contributed by atoms with Crippen LogP contribution in [0.15, 0.2) is 29.3 Å². The van der Waals surface area contributed by atoms with Crippen LogP contribution in [0.4, 0.5) is 0 Å². The number of benzene rings is 1. The Morgan fingerprint density at radius 3 is 2.61 bits per heavy atom. The minimum Gasteiger partial charge on any atom is -0.493 e. The molecule has 0 unspecified atom stereocenters. The van der Waals surface area contributed by atoms with Gasteiger partial charge in [0, 0.05) is 37.0 Å². The third-order valence-corrected chi connectivity index (χ3v) is 4.77. The highest BCUT2D eigenvalue weighted by molar-refractivity contribution is 5.79. The molecule has 154 valence electrons. The summed E-state index contributed by atoms with van der Waals surface area (Å²) in [6, 6.07) is 8.14. The Kier molecular flexibility index (Phi) is 8.36. The van der Waals surface area contributed by atoms with Crippen LogP contribution in [-0.4, -0.2) is 28.9 Å². The summed E-state index contributed by atoms with van der Waals surface area (Å²) in [4.78, 5) is 4.76. The predicted molar refractivity (Wildman–Crippen MR) is 116 cm³/mol. The molecule has 0 saturated carbocycles. The molecule has 1 aromatic heterocycles. The molecule has 2 N–H and O–H groups in total. The smallest absolute Gasteiger partial charge is 0.191 e. The molecule has 2 rings (SSSR count). The summed E-state index contributed by atoms with van der Waals surface area (Å²) in [6.45, 7) is 13.4. The van der Waals surface area contributed by atoms with Crippen molar-refractivity contribution in [2.75, 3.05) is 13.2 Å². The molecule has 0 saturated heterocycles. The Morgan fingerprint density at radius 1 is 1.21 bits per heavy atom. The first-order valence-corrected chi connectivity index (χ1v) is 10.1. The highest BCUT2D eigenvalue weighted by atomic mass is 16.5. The SMILES string of the molecule is CCNC(=NCc1ccccc1OCCC(C)C)NCc1c(C)nn(C)c1C. The lowest BCUT2D eigenvalue weighted by Crippen LogP contribution is -2.37. The number of aliphatic imine (C=N–C) groups is 1. The maximum Gasteiger partial charge on any atom is 0.191 e. The molecular formula is C22H35N5O. The first kappa shape index (κ1) is 21.8. The highest BCUT2D eigenvalue weighted by Gasteiger charge is 2.10. The number of aryl methyl sites for hydroxylation is 2. The molecule has 0 radical (unpaired) electrons. The lowest BCUT2D eigenvalue weighted by Gasteiger charge is -2.14. The standard InChI is InChI=1S/C22H35N5O/c1-7-23-22(25-15-20-17(4)26-27(6)18(20)5)24-14-19-10-8-9-11-21(19)28-13-12-16(2)3/h8-11,16H,7,12-15H2,1-6H3,(H2,23,24,25). The maximum atomic E-state index is 5.98. The van der Waals surface area contributed by atoms with E-state index < -0.39 is 0 Å². The zero-order valence-corrected chi connectivity index (χ0v) is 18.2. The summed E-state index contributed by atoms with van der Waals surface area (Å²) >= 11 is 0. The van der Waals surface area contributed by atoms with E-state index in [0.717, 1.165) is 42.5 Å². The number of para-hydroxylation sites is 1. The van der Waals surface area contributed by atoms with E-state index in [9.17, 15) is 0 Å². The minimum atomic E-state index is 0.568. The van der Waals surface area contributed by atoms with E-state index in [1.165, 1.54) is 11.3 Å². The van der Waals surface area contributed by atoms with Crippen molar-refractivity contribution in [1.29, 1.82) is 0 Å². The van der Waals surface area contributed by atoms with Crippen molar-refractivity contribution in [3.05, 3.63) is 46.8 Å². The van der Waals surface area contributed by atoms with Gasteiger partial charge in [-0.1, -0.05) is 32.0 Å². The molecule has 0 amide bonds. The number of nitrogens with one attached hydrogen (secondary N) is 2. The number of nitrogens with zero attached hydrogens (tertiary/aromatic N) is 3. The lowest BCUT2D eigenvalue weighted by atomic mass is 10.1. The van der Waals surface area contributed by atoms with Crippen LogP contribution in [0, 0.1) is 19.8 Å². The monoisotopic (exact) mass is 385 g/mol. The number of guanidine groups is 1. The Bertz CT molecular complexity index is 779. The van der Waals surface area contributed by atoms with Gasteiger partial charge in [0.05, 0.1) is 18.8 Å². The normalized spacial score (nSPS) is 11.8. The number of aromatic nitrogens is 2. The third-order valence-electron chi connectivity index (χ3n) is 4.77. The fraction of sp³-hybridized carbons (Fsp3) is 0.545. The number of rotatable bonds is 9. The van der Waals surface area contributed by atoms with Crippen LogP contribution < -0.4 is 15.4 Å². The zero-order valence-electron chi connectivity index (χ0n) is 18.2. The molecule has 0 aliphatic rings. The summed E-state index contributed by atoms with van der Waals surface area (Å²) < 4.78 is 7.90. The number of hydrogen-bond donors (Lipinski definition) is 2. The summed E-state index contributed by atoms with van der Waals surface area (Å²) in [7, 11) is 1.97. The van der Waals surface area contributed by atoms with Gasteiger partial charge < -0.3 is 15.4 Å². The largest absolute Gasteiger partial charge is 0.493 e. The van der Waals surface area contributed by atoms with Crippen LogP contribution in [0.5, 0.6) is 5.75 Å². The molecule has 1 aromatic carbocycles. The molecule has 0 aliphatic heterocycles. The molecule has 6 heteroatoms. The van der Waals surface area contributed by atoms with Crippen molar-refractivity contribution in [2.24, 2.45) is 18.0 Å². The second-order valence-corrected chi connectivity index (χ2v) is 7.46. The molecule has 0 atom stereocenters. The predicted octanol–water partition coefficient (Wildman–Crippen LogP) is 3.72.